The molecule has 31 heavy (non-hydrogen) atoms. The molecular weight excluding hydrogens is 431 g/mol. The van der Waals surface area contributed by atoms with Crippen molar-refractivity contribution < 1.29 is 9.90 Å². The van der Waals surface area contributed by atoms with Crippen molar-refractivity contribution in [1.82, 2.24) is 9.80 Å². The van der Waals surface area contributed by atoms with Crippen LogP contribution in [0.25, 0.3) is 0 Å². The van der Waals surface area contributed by atoms with Gasteiger partial charge in [0.15, 0.2) is 0 Å². The predicted molar refractivity (Wildman–Crippen MR) is 126 cm³/mol. The maximum atomic E-state index is 13.1. The van der Waals surface area contributed by atoms with Crippen LogP contribution in [-0.4, -0.2) is 54.0 Å². The van der Waals surface area contributed by atoms with Crippen LogP contribution < -0.4 is 0 Å². The molecule has 3 atom stereocenters. The van der Waals surface area contributed by atoms with Crippen molar-refractivity contribution in [1.29, 1.82) is 0 Å². The summed E-state index contributed by atoms with van der Waals surface area (Å²) in [6.07, 6.45) is 4.37. The SMILES string of the molecule is CN1CCC2(c3cccc(O)c3)CC(N(C)C(=O)Cc3ccc(Cl)c(Cl)c3)CCC2C1. The maximum absolute atomic E-state index is 13.1. The third-order valence-corrected chi connectivity index (χ3v) is 8.14. The second-order valence-corrected chi connectivity index (χ2v) is 10.1. The van der Waals surface area contributed by atoms with Gasteiger partial charge in [0.25, 0.3) is 0 Å². The summed E-state index contributed by atoms with van der Waals surface area (Å²) in [5.41, 5.74) is 2.08. The Bertz CT molecular complexity index is 966. The standard InChI is InChI=1S/C25H30Cl2N2O2/c1-28-11-10-25(18-4-3-5-21(30)14-18)15-20(8-7-19(25)16-28)29(2)24(31)13-17-6-9-22(26)23(27)12-17/h3-6,9,12,14,19-20,30H,7-8,10-11,13,15-16H2,1-2H3. The van der Waals surface area contributed by atoms with E-state index >= 15 is 0 Å². The number of likely N-dealkylation sites (N-methyl/N-ethyl adjacent to an activating group) is 1. The highest BCUT2D eigenvalue weighted by Gasteiger charge is 2.48. The Labute approximate surface area is 194 Å². The lowest BCUT2D eigenvalue weighted by Gasteiger charge is -2.53. The van der Waals surface area contributed by atoms with E-state index in [-0.39, 0.29) is 17.4 Å². The van der Waals surface area contributed by atoms with Gasteiger partial charge in [-0.3, -0.25) is 4.79 Å². The van der Waals surface area contributed by atoms with Gasteiger partial charge in [-0.2, -0.15) is 0 Å². The average molecular weight is 461 g/mol. The van der Waals surface area contributed by atoms with Crippen LogP contribution in [-0.2, 0) is 16.6 Å². The third-order valence-electron chi connectivity index (χ3n) is 7.40. The van der Waals surface area contributed by atoms with Gasteiger partial charge in [-0.15, -0.1) is 0 Å². The van der Waals surface area contributed by atoms with E-state index in [1.54, 1.807) is 18.2 Å². The number of piperidine rings is 1. The van der Waals surface area contributed by atoms with Gasteiger partial charge < -0.3 is 14.9 Å². The minimum absolute atomic E-state index is 0.00765. The lowest BCUT2D eigenvalue weighted by atomic mass is 9.58. The molecule has 3 unspecified atom stereocenters. The molecule has 1 saturated carbocycles. The summed E-state index contributed by atoms with van der Waals surface area (Å²) in [7, 11) is 4.11. The van der Waals surface area contributed by atoms with E-state index in [1.165, 1.54) is 5.56 Å². The van der Waals surface area contributed by atoms with Crippen LogP contribution in [0.1, 0.15) is 36.8 Å². The Hall–Kier alpha value is -1.75. The molecule has 1 aliphatic carbocycles. The van der Waals surface area contributed by atoms with Crippen LogP contribution in [0.4, 0.5) is 0 Å². The molecule has 0 aromatic heterocycles. The molecule has 2 aromatic carbocycles. The number of fused-ring (bicyclic) bond motifs is 1. The Morgan fingerprint density at radius 2 is 2.00 bits per heavy atom. The highest BCUT2D eigenvalue weighted by Crippen LogP contribution is 2.50. The van der Waals surface area contributed by atoms with Gasteiger partial charge in [-0.25, -0.2) is 0 Å². The van der Waals surface area contributed by atoms with Crippen LogP contribution in [0.2, 0.25) is 10.0 Å². The van der Waals surface area contributed by atoms with Crippen molar-refractivity contribution in [2.24, 2.45) is 5.92 Å². The minimum atomic E-state index is -0.00765. The summed E-state index contributed by atoms with van der Waals surface area (Å²) >= 11 is 12.1. The first kappa shape index (κ1) is 22.4. The summed E-state index contributed by atoms with van der Waals surface area (Å²) < 4.78 is 0. The number of phenols is 1. The van der Waals surface area contributed by atoms with Crippen LogP contribution in [0.15, 0.2) is 42.5 Å². The largest absolute Gasteiger partial charge is 0.508 e. The van der Waals surface area contributed by atoms with E-state index in [4.69, 9.17) is 23.2 Å². The van der Waals surface area contributed by atoms with Crippen molar-refractivity contribution >= 4 is 29.1 Å². The molecule has 2 aromatic rings. The number of phenolic OH excluding ortho intramolecular Hbond substituents is 1. The number of carbonyl (C=O) groups excluding carboxylic acids is 1. The topological polar surface area (TPSA) is 43.8 Å². The molecule has 4 nitrogen and oxygen atoms in total. The molecule has 166 valence electrons. The van der Waals surface area contributed by atoms with Gasteiger partial charge in [-0.05, 0) is 80.6 Å². The molecule has 1 N–H and O–H groups in total. The summed E-state index contributed by atoms with van der Waals surface area (Å²) in [6.45, 7) is 2.09. The van der Waals surface area contributed by atoms with E-state index in [9.17, 15) is 9.90 Å². The number of carbonyl (C=O) groups is 1. The number of nitrogens with zero attached hydrogens (tertiary/aromatic N) is 2. The molecule has 0 bridgehead atoms. The lowest BCUT2D eigenvalue weighted by molar-refractivity contribution is -0.133. The van der Waals surface area contributed by atoms with Gasteiger partial charge in [-0.1, -0.05) is 41.4 Å². The number of rotatable bonds is 4. The molecule has 2 fully saturated rings. The van der Waals surface area contributed by atoms with Gasteiger partial charge >= 0.3 is 0 Å². The first-order chi connectivity index (χ1) is 14.8. The maximum Gasteiger partial charge on any atom is 0.226 e. The third kappa shape index (κ3) is 4.57. The van der Waals surface area contributed by atoms with Crippen molar-refractivity contribution in [3.8, 4) is 5.75 Å². The fraction of sp³-hybridized carbons (Fsp3) is 0.480. The minimum Gasteiger partial charge on any atom is -0.508 e. The van der Waals surface area contributed by atoms with Crippen molar-refractivity contribution in [3.05, 3.63) is 63.6 Å². The first-order valence-electron chi connectivity index (χ1n) is 11.0. The highest BCUT2D eigenvalue weighted by molar-refractivity contribution is 6.42. The zero-order valence-electron chi connectivity index (χ0n) is 18.2. The molecule has 0 radical (unpaired) electrons. The van der Waals surface area contributed by atoms with Gasteiger partial charge in [0.05, 0.1) is 16.5 Å². The fourth-order valence-electron chi connectivity index (χ4n) is 5.59. The van der Waals surface area contributed by atoms with E-state index in [1.807, 2.05) is 30.1 Å². The van der Waals surface area contributed by atoms with Gasteiger partial charge in [0.1, 0.15) is 5.75 Å². The normalized spacial score (nSPS) is 26.3. The Balaban J connectivity index is 1.55. The molecule has 4 rings (SSSR count). The quantitative estimate of drug-likeness (QED) is 0.686. The van der Waals surface area contributed by atoms with E-state index in [0.29, 0.717) is 28.1 Å². The van der Waals surface area contributed by atoms with E-state index < -0.39 is 0 Å². The molecular formula is C25H30Cl2N2O2. The number of amides is 1. The molecule has 2 aliphatic rings. The second-order valence-electron chi connectivity index (χ2n) is 9.28. The van der Waals surface area contributed by atoms with Crippen LogP contribution in [0.3, 0.4) is 0 Å². The number of halogens is 2. The summed E-state index contributed by atoms with van der Waals surface area (Å²) in [6, 6.07) is 13.3. The number of likely N-dealkylation sites (tertiary alicyclic amines) is 1. The Kier molecular flexibility index (Phi) is 6.52. The van der Waals surface area contributed by atoms with Gasteiger partial charge in [0.2, 0.25) is 5.91 Å². The average Bonchev–Trinajstić information content (AvgIpc) is 2.75. The zero-order chi connectivity index (χ0) is 22.2. The molecule has 1 amide bonds. The van der Waals surface area contributed by atoms with E-state index in [2.05, 4.69) is 18.0 Å². The molecule has 1 saturated heterocycles. The summed E-state index contributed by atoms with van der Waals surface area (Å²) in [5.74, 6) is 0.944. The number of aromatic hydroxyl groups is 1. The number of hydrogen-bond donors (Lipinski definition) is 1. The highest BCUT2D eigenvalue weighted by atomic mass is 35.5. The Morgan fingerprint density at radius 1 is 1.19 bits per heavy atom. The molecule has 1 heterocycles. The van der Waals surface area contributed by atoms with Crippen LogP contribution in [0.5, 0.6) is 5.75 Å². The molecule has 0 spiro atoms. The second kappa shape index (κ2) is 9.01. The summed E-state index contributed by atoms with van der Waals surface area (Å²) in [4.78, 5) is 17.5. The predicted octanol–water partition coefficient (Wildman–Crippen LogP) is 5.14. The van der Waals surface area contributed by atoms with Crippen molar-refractivity contribution in [2.75, 3.05) is 27.2 Å². The Morgan fingerprint density at radius 3 is 2.74 bits per heavy atom. The van der Waals surface area contributed by atoms with E-state index in [0.717, 1.165) is 44.3 Å². The summed E-state index contributed by atoms with van der Waals surface area (Å²) in [5, 5.41) is 11.1. The number of hydrogen-bond acceptors (Lipinski definition) is 3. The zero-order valence-corrected chi connectivity index (χ0v) is 19.7. The smallest absolute Gasteiger partial charge is 0.226 e. The van der Waals surface area contributed by atoms with Gasteiger partial charge in [0, 0.05) is 25.0 Å². The fourth-order valence-corrected chi connectivity index (χ4v) is 5.91. The lowest BCUT2D eigenvalue weighted by Crippen LogP contribution is -2.55. The molecule has 1 aliphatic heterocycles. The van der Waals surface area contributed by atoms with Crippen LogP contribution in [0, 0.1) is 5.92 Å². The van der Waals surface area contributed by atoms with Crippen molar-refractivity contribution in [3.63, 3.8) is 0 Å². The molecule has 6 heteroatoms. The monoisotopic (exact) mass is 460 g/mol. The number of benzene rings is 2. The van der Waals surface area contributed by atoms with Crippen molar-refractivity contribution in [2.45, 2.75) is 43.6 Å². The first-order valence-corrected chi connectivity index (χ1v) is 11.7. The van der Waals surface area contributed by atoms with Crippen LogP contribution >= 0.6 is 23.2 Å².